The molecule has 0 spiro atoms. The van der Waals surface area contributed by atoms with Crippen LogP contribution >= 0.6 is 0 Å². The molecule has 1 aliphatic rings. The van der Waals surface area contributed by atoms with Gasteiger partial charge in [-0.25, -0.2) is 0 Å². The molecule has 10 rings (SSSR count). The maximum Gasteiger partial charge on any atom is 0.246 e. The minimum absolute atomic E-state index is 0.0496. The Morgan fingerprint density at radius 3 is 1.34 bits per heavy atom. The molecule has 0 saturated heterocycles. The molecular weight excluding hydrogens is 1030 g/mol. The van der Waals surface area contributed by atoms with Crippen LogP contribution in [0.15, 0.2) is 200 Å². The summed E-state index contributed by atoms with van der Waals surface area (Å²) in [6.07, 6.45) is 2.44. The summed E-state index contributed by atoms with van der Waals surface area (Å²) in [7, 11) is 3.83. The number of carbonyl (C=O) groups excluding carboxylic acids is 3. The van der Waals surface area contributed by atoms with Crippen molar-refractivity contribution in [3.63, 3.8) is 0 Å². The van der Waals surface area contributed by atoms with Crippen molar-refractivity contribution in [2.75, 3.05) is 43.2 Å². The Labute approximate surface area is 490 Å². The van der Waals surface area contributed by atoms with E-state index in [2.05, 4.69) is 64.5 Å². The average molecular weight is 1110 g/mol. The summed E-state index contributed by atoms with van der Waals surface area (Å²) in [6, 6.07) is 66.6. The number of anilines is 3. The maximum absolute atomic E-state index is 13.0. The van der Waals surface area contributed by atoms with Crippen molar-refractivity contribution in [2.24, 2.45) is 11.7 Å². The van der Waals surface area contributed by atoms with Gasteiger partial charge < -0.3 is 35.9 Å². The van der Waals surface area contributed by atoms with E-state index in [1.165, 1.54) is 22.1 Å². The lowest BCUT2D eigenvalue weighted by atomic mass is 9.96. The minimum Gasteiger partial charge on any atom is -0.378 e. The van der Waals surface area contributed by atoms with Crippen LogP contribution in [0, 0.1) is 5.92 Å². The predicted octanol–water partition coefficient (Wildman–Crippen LogP) is 15.0. The largest absolute Gasteiger partial charge is 0.378 e. The summed E-state index contributed by atoms with van der Waals surface area (Å²) in [6.45, 7) is 14.3. The molecule has 3 amide bonds. The van der Waals surface area contributed by atoms with Crippen molar-refractivity contribution < 1.29 is 28.6 Å². The van der Waals surface area contributed by atoms with Gasteiger partial charge in [0, 0.05) is 29.5 Å². The number of hydrogen-bond acceptors (Lipinski definition) is 8. The Morgan fingerprint density at radius 1 is 0.482 bits per heavy atom. The van der Waals surface area contributed by atoms with Crippen molar-refractivity contribution in [3.05, 3.63) is 234 Å². The van der Waals surface area contributed by atoms with E-state index in [0.29, 0.717) is 25.7 Å². The summed E-state index contributed by atoms with van der Waals surface area (Å²) >= 11 is 0. The first-order valence-electron chi connectivity index (χ1n) is 29.0. The van der Waals surface area contributed by atoms with Crippen LogP contribution in [0.3, 0.4) is 0 Å². The number of amides is 3. The molecule has 9 aromatic rings. The topological polar surface area (TPSA) is 144 Å². The van der Waals surface area contributed by atoms with E-state index in [0.717, 1.165) is 73.5 Å². The van der Waals surface area contributed by atoms with Gasteiger partial charge in [0.2, 0.25) is 17.7 Å². The second kappa shape index (κ2) is 29.8. The highest BCUT2D eigenvalue weighted by atomic mass is 16.5. The van der Waals surface area contributed by atoms with Crippen molar-refractivity contribution in [2.45, 2.75) is 104 Å². The molecular formula is C72H81N5O6. The first-order chi connectivity index (χ1) is 40.1. The summed E-state index contributed by atoms with van der Waals surface area (Å²) in [5, 5.41) is 16.0. The number of fused-ring (bicyclic) bond motifs is 3. The summed E-state index contributed by atoms with van der Waals surface area (Å²) in [4.78, 5) is 40.3. The van der Waals surface area contributed by atoms with Gasteiger partial charge in [-0.05, 0) is 176 Å². The van der Waals surface area contributed by atoms with Crippen molar-refractivity contribution in [1.29, 1.82) is 0 Å². The molecule has 0 radical (unpaired) electrons. The maximum atomic E-state index is 13.0. The van der Waals surface area contributed by atoms with Gasteiger partial charge in [0.25, 0.3) is 0 Å². The fourth-order valence-corrected chi connectivity index (χ4v) is 9.92. The zero-order valence-electron chi connectivity index (χ0n) is 49.3. The van der Waals surface area contributed by atoms with Crippen molar-refractivity contribution in [3.8, 4) is 0 Å². The normalized spacial score (nSPS) is 14.4. The quantitative estimate of drug-likeness (QED) is 0.0557. The Kier molecular flexibility index (Phi) is 21.9. The van der Waals surface area contributed by atoms with Crippen LogP contribution in [0.1, 0.15) is 99.2 Å². The molecule has 0 heterocycles. The zero-order chi connectivity index (χ0) is 58.8. The monoisotopic (exact) mass is 1110 g/mol. The zero-order valence-corrected chi connectivity index (χ0v) is 49.3. The number of ether oxygens (including phenoxy) is 3. The van der Waals surface area contributed by atoms with Crippen LogP contribution in [-0.4, -0.2) is 68.2 Å². The molecule has 11 nitrogen and oxygen atoms in total. The fraction of sp³-hybridized carbons (Fsp3) is 0.292. The lowest BCUT2D eigenvalue weighted by Gasteiger charge is -2.24. The van der Waals surface area contributed by atoms with Gasteiger partial charge in [-0.15, -0.1) is 0 Å². The first-order valence-corrected chi connectivity index (χ1v) is 29.0. The second-order valence-electron chi connectivity index (χ2n) is 22.4. The molecule has 0 aliphatic heterocycles. The highest BCUT2D eigenvalue weighted by Gasteiger charge is 2.44. The predicted molar refractivity (Wildman–Crippen MR) is 341 cm³/mol. The molecule has 9 aromatic carbocycles. The molecule has 83 heavy (non-hydrogen) atoms. The fourth-order valence-electron chi connectivity index (χ4n) is 9.92. The molecule has 430 valence electrons. The third kappa shape index (κ3) is 18.0. The Hall–Kier alpha value is -8.03. The van der Waals surface area contributed by atoms with E-state index >= 15 is 0 Å². The van der Waals surface area contributed by atoms with Gasteiger partial charge in [0.15, 0.2) is 0 Å². The Bertz CT molecular complexity index is 3540. The van der Waals surface area contributed by atoms with Gasteiger partial charge >= 0.3 is 0 Å². The number of rotatable bonds is 21. The number of likely N-dealkylation sites (N-methyl/N-ethyl adjacent to an activating group) is 1. The lowest BCUT2D eigenvalue weighted by Crippen LogP contribution is -2.32. The summed E-state index contributed by atoms with van der Waals surface area (Å²) < 4.78 is 16.9. The second-order valence-corrected chi connectivity index (χ2v) is 22.4. The highest BCUT2D eigenvalue weighted by molar-refractivity contribution is 6.00. The van der Waals surface area contributed by atoms with E-state index in [1.54, 1.807) is 0 Å². The smallest absolute Gasteiger partial charge is 0.246 e. The van der Waals surface area contributed by atoms with Crippen molar-refractivity contribution in [1.82, 2.24) is 4.90 Å². The van der Waals surface area contributed by atoms with E-state index in [1.807, 2.05) is 212 Å². The summed E-state index contributed by atoms with van der Waals surface area (Å²) in [5.74, 6) is -0.0187. The molecule has 1 aliphatic carbocycles. The van der Waals surface area contributed by atoms with Crippen LogP contribution in [-0.2, 0) is 48.2 Å². The molecule has 0 aromatic heterocycles. The Balaban J connectivity index is 0.000000163. The number of nitrogens with two attached hydrogens (primary N) is 1. The lowest BCUT2D eigenvalue weighted by molar-refractivity contribution is -0.120. The van der Waals surface area contributed by atoms with Crippen molar-refractivity contribution >= 4 is 67.1 Å². The molecule has 5 N–H and O–H groups in total. The number of hydrogen-bond donors (Lipinski definition) is 4. The highest BCUT2D eigenvalue weighted by Crippen LogP contribution is 2.48. The number of carbonyl (C=O) groups is 3. The number of nitrogens with zero attached hydrogens (tertiary/aromatic N) is 1. The molecule has 1 fully saturated rings. The Morgan fingerprint density at radius 2 is 0.892 bits per heavy atom. The van der Waals surface area contributed by atoms with Crippen LogP contribution in [0.5, 0.6) is 0 Å². The first kappa shape index (κ1) is 61.1. The van der Waals surface area contributed by atoms with Gasteiger partial charge in [0.1, 0.15) is 6.04 Å². The van der Waals surface area contributed by atoms with E-state index in [9.17, 15) is 14.4 Å². The van der Waals surface area contributed by atoms with E-state index in [4.69, 9.17) is 19.9 Å². The van der Waals surface area contributed by atoms with Crippen LogP contribution < -0.4 is 21.7 Å². The molecule has 0 bridgehead atoms. The van der Waals surface area contributed by atoms with E-state index < -0.39 is 0 Å². The van der Waals surface area contributed by atoms with Gasteiger partial charge in [-0.2, -0.15) is 0 Å². The van der Waals surface area contributed by atoms with Gasteiger partial charge in [0.05, 0.1) is 44.1 Å². The van der Waals surface area contributed by atoms with Crippen LogP contribution in [0.4, 0.5) is 17.1 Å². The molecule has 4 unspecified atom stereocenters. The van der Waals surface area contributed by atoms with E-state index in [-0.39, 0.29) is 60.5 Å². The SMILES string of the molecule is CC(C)OCCc1ccc(C(CN)C(=O)Nc2ccc3ccccc3c2)cc1.CC(C)OCc1ccc(C(C(=O)Nc2ccc3ccccc3c2)N(C)C)cc1.CC(C)OCc1ccc(C2CC2C(=O)Nc2ccc3ccccc3c2)cc1. The van der Waals surface area contributed by atoms with Crippen LogP contribution in [0.25, 0.3) is 32.3 Å². The number of benzene rings is 9. The average Bonchev–Trinajstić information content (AvgIpc) is 4.51. The van der Waals surface area contributed by atoms with Crippen LogP contribution in [0.2, 0.25) is 0 Å². The number of nitrogens with one attached hydrogen (secondary N) is 3. The summed E-state index contributed by atoms with van der Waals surface area (Å²) in [5.41, 5.74) is 15.0. The minimum atomic E-state index is -0.382. The third-order valence-corrected chi connectivity index (χ3v) is 14.6. The standard InChI is InChI=1S/2C24H28N2O2.C24H25NO2/c1-17(2)28-16-18-9-11-20(12-10-18)23(26(3)4)24(27)25-22-14-13-19-7-5-6-8-21(19)15-22;1-17(2)28-14-13-18-7-9-20(10-8-18)23(16-25)24(27)26-22-12-11-19-5-3-4-6-21(19)15-22;1-16(2)27-15-17-7-9-19(10-8-17)22-14-23(22)24(26)25-21-12-11-18-5-3-4-6-20(18)13-21/h5-15,17,23H,16H2,1-4H3,(H,25,27);3-12,15,17,23H,13-14,16,25H2,1-2H3,(H,26,27);3-13,16,22-23H,14-15H2,1-2H3,(H,25,26). The third-order valence-electron chi connectivity index (χ3n) is 14.6. The molecule has 1 saturated carbocycles. The molecule has 4 atom stereocenters. The molecule has 11 heteroatoms. The van der Waals surface area contributed by atoms with Gasteiger partial charge in [-0.3, -0.25) is 19.3 Å². The van der Waals surface area contributed by atoms with Gasteiger partial charge in [-0.1, -0.05) is 164 Å².